The molecule has 0 N–H and O–H groups in total. The van der Waals surface area contributed by atoms with E-state index in [-0.39, 0.29) is 5.97 Å². The summed E-state index contributed by atoms with van der Waals surface area (Å²) in [6.07, 6.45) is 8.79. The van der Waals surface area contributed by atoms with E-state index in [0.717, 1.165) is 18.4 Å². The van der Waals surface area contributed by atoms with Crippen molar-refractivity contribution in [3.63, 3.8) is 0 Å². The van der Waals surface area contributed by atoms with E-state index in [1.54, 1.807) is 6.61 Å². The van der Waals surface area contributed by atoms with Crippen molar-refractivity contribution in [1.82, 2.24) is 0 Å². The van der Waals surface area contributed by atoms with Crippen LogP contribution in [0.2, 0.25) is 0 Å². The third kappa shape index (κ3) is 8.41. The lowest BCUT2D eigenvalue weighted by atomic mass is 10.1. The van der Waals surface area contributed by atoms with Gasteiger partial charge in [-0.15, -0.1) is 0 Å². The number of carbonyl (C=O) groups excluding carboxylic acids is 1. The van der Waals surface area contributed by atoms with Gasteiger partial charge in [-0.3, -0.25) is 4.79 Å². The molecule has 0 aromatic heterocycles. The smallest absolute Gasteiger partial charge is 0.310 e. The molecule has 0 unspecified atom stereocenters. The van der Waals surface area contributed by atoms with Gasteiger partial charge in [0.25, 0.3) is 0 Å². The molecule has 0 spiro atoms. The van der Waals surface area contributed by atoms with Crippen molar-refractivity contribution >= 4 is 5.97 Å². The molecule has 0 heterocycles. The number of carbonyl (C=O) groups is 1. The summed E-state index contributed by atoms with van der Waals surface area (Å²) in [6, 6.07) is 9.69. The molecule has 0 aliphatic heterocycles. The Kier molecular flexibility index (Phi) is 8.78. The van der Waals surface area contributed by atoms with Crippen LogP contribution in [-0.2, 0) is 16.0 Å². The molecular weight excluding hydrogens is 236 g/mol. The predicted octanol–water partition coefficient (Wildman–Crippen LogP) is 4.68. The fraction of sp³-hybridized carbons (Fsp3) is 0.529. The van der Waals surface area contributed by atoms with Gasteiger partial charge >= 0.3 is 5.97 Å². The molecular formula is C17H25O2. The summed E-state index contributed by atoms with van der Waals surface area (Å²) in [5.41, 5.74) is 1.00. The van der Waals surface area contributed by atoms with Gasteiger partial charge in [0.05, 0.1) is 6.42 Å². The highest BCUT2D eigenvalue weighted by Gasteiger charge is 2.04. The Hall–Kier alpha value is -1.31. The molecule has 0 bridgehead atoms. The summed E-state index contributed by atoms with van der Waals surface area (Å²) < 4.78 is 5.11. The van der Waals surface area contributed by atoms with Gasteiger partial charge in [-0.2, -0.15) is 0 Å². The van der Waals surface area contributed by atoms with Crippen LogP contribution >= 0.6 is 0 Å². The molecule has 0 atom stereocenters. The highest BCUT2D eigenvalue weighted by atomic mass is 16.5. The maximum absolute atomic E-state index is 11.5. The highest BCUT2D eigenvalue weighted by molar-refractivity contribution is 5.72. The van der Waals surface area contributed by atoms with Crippen LogP contribution in [0.4, 0.5) is 0 Å². The van der Waals surface area contributed by atoms with Crippen molar-refractivity contribution in [1.29, 1.82) is 0 Å². The zero-order chi connectivity index (χ0) is 13.8. The maximum Gasteiger partial charge on any atom is 0.310 e. The number of hydrogen-bond donors (Lipinski definition) is 0. The van der Waals surface area contributed by atoms with Crippen molar-refractivity contribution < 1.29 is 9.53 Å². The molecule has 1 radical (unpaired) electrons. The highest BCUT2D eigenvalue weighted by Crippen LogP contribution is 2.09. The summed E-state index contributed by atoms with van der Waals surface area (Å²) in [5, 5.41) is 0. The lowest BCUT2D eigenvalue weighted by Crippen LogP contribution is -2.06. The first-order valence-corrected chi connectivity index (χ1v) is 7.38. The minimum Gasteiger partial charge on any atom is -0.458 e. The minimum atomic E-state index is -0.169. The van der Waals surface area contributed by atoms with E-state index < -0.39 is 0 Å². The first-order chi connectivity index (χ1) is 9.33. The monoisotopic (exact) mass is 261 g/mol. The number of esters is 1. The van der Waals surface area contributed by atoms with Crippen LogP contribution in [0, 0.1) is 6.61 Å². The Morgan fingerprint density at radius 2 is 1.74 bits per heavy atom. The van der Waals surface area contributed by atoms with Crippen LogP contribution in [0.15, 0.2) is 30.3 Å². The largest absolute Gasteiger partial charge is 0.458 e. The van der Waals surface area contributed by atoms with Crippen LogP contribution in [0.1, 0.15) is 57.4 Å². The molecule has 0 saturated heterocycles. The van der Waals surface area contributed by atoms with Gasteiger partial charge in [0.1, 0.15) is 6.61 Å². The van der Waals surface area contributed by atoms with E-state index in [4.69, 9.17) is 4.74 Å². The van der Waals surface area contributed by atoms with E-state index in [1.807, 2.05) is 30.3 Å². The van der Waals surface area contributed by atoms with Gasteiger partial charge < -0.3 is 4.74 Å². The summed E-state index contributed by atoms with van der Waals surface area (Å²) in [7, 11) is 0. The van der Waals surface area contributed by atoms with Gasteiger partial charge in [0.15, 0.2) is 0 Å². The Balaban J connectivity index is 1.96. The third-order valence-electron chi connectivity index (χ3n) is 3.08. The van der Waals surface area contributed by atoms with Crippen LogP contribution in [0.5, 0.6) is 0 Å². The fourth-order valence-corrected chi connectivity index (χ4v) is 1.96. The first kappa shape index (κ1) is 15.7. The van der Waals surface area contributed by atoms with Crippen molar-refractivity contribution in [3.8, 4) is 0 Å². The topological polar surface area (TPSA) is 26.3 Å². The van der Waals surface area contributed by atoms with Gasteiger partial charge in [0, 0.05) is 0 Å². The fourth-order valence-electron chi connectivity index (χ4n) is 1.96. The molecule has 19 heavy (non-hydrogen) atoms. The Morgan fingerprint density at radius 1 is 1.05 bits per heavy atom. The number of benzene rings is 1. The molecule has 1 aromatic carbocycles. The zero-order valence-electron chi connectivity index (χ0n) is 11.9. The van der Waals surface area contributed by atoms with Crippen LogP contribution in [-0.4, -0.2) is 5.97 Å². The molecule has 105 valence electrons. The van der Waals surface area contributed by atoms with Crippen molar-refractivity contribution in [3.05, 3.63) is 42.5 Å². The summed E-state index contributed by atoms with van der Waals surface area (Å²) in [6.45, 7) is 3.88. The minimum absolute atomic E-state index is 0.169. The predicted molar refractivity (Wildman–Crippen MR) is 78.5 cm³/mol. The van der Waals surface area contributed by atoms with E-state index in [9.17, 15) is 4.79 Å². The molecule has 0 fully saturated rings. The summed E-state index contributed by atoms with van der Waals surface area (Å²) in [5.74, 6) is -0.169. The first-order valence-electron chi connectivity index (χ1n) is 7.38. The summed E-state index contributed by atoms with van der Waals surface area (Å²) in [4.78, 5) is 11.5. The van der Waals surface area contributed by atoms with E-state index >= 15 is 0 Å². The van der Waals surface area contributed by atoms with Gasteiger partial charge in [-0.1, -0.05) is 69.4 Å². The number of hydrogen-bond acceptors (Lipinski definition) is 2. The SMILES string of the molecule is CCCCCCCC[CH]OC(=O)Cc1ccccc1. The molecule has 1 rings (SSSR count). The Morgan fingerprint density at radius 3 is 2.47 bits per heavy atom. The average Bonchev–Trinajstić information content (AvgIpc) is 2.43. The molecule has 0 aliphatic carbocycles. The zero-order valence-corrected chi connectivity index (χ0v) is 11.9. The van der Waals surface area contributed by atoms with Crippen molar-refractivity contribution in [2.75, 3.05) is 0 Å². The Bertz CT molecular complexity index is 332. The lowest BCUT2D eigenvalue weighted by Gasteiger charge is -2.04. The summed E-state index contributed by atoms with van der Waals surface area (Å²) >= 11 is 0. The molecule has 0 amide bonds. The second-order valence-electron chi connectivity index (χ2n) is 4.88. The second kappa shape index (κ2) is 10.6. The van der Waals surface area contributed by atoms with Crippen LogP contribution in [0.25, 0.3) is 0 Å². The van der Waals surface area contributed by atoms with Crippen LogP contribution < -0.4 is 0 Å². The number of rotatable bonds is 10. The Labute approximate surface area is 117 Å². The normalized spacial score (nSPS) is 10.4. The molecule has 0 saturated carbocycles. The maximum atomic E-state index is 11.5. The number of unbranched alkanes of at least 4 members (excludes halogenated alkanes) is 6. The molecule has 2 nitrogen and oxygen atoms in total. The average molecular weight is 261 g/mol. The van der Waals surface area contributed by atoms with Gasteiger partial charge in [-0.05, 0) is 18.4 Å². The van der Waals surface area contributed by atoms with E-state index in [2.05, 4.69) is 6.92 Å². The quantitative estimate of drug-likeness (QED) is 0.451. The lowest BCUT2D eigenvalue weighted by molar-refractivity contribution is -0.139. The van der Waals surface area contributed by atoms with Crippen molar-refractivity contribution in [2.45, 2.75) is 58.3 Å². The number of ether oxygens (including phenoxy) is 1. The van der Waals surface area contributed by atoms with Gasteiger partial charge in [-0.25, -0.2) is 0 Å². The molecule has 2 heteroatoms. The van der Waals surface area contributed by atoms with Crippen LogP contribution in [0.3, 0.4) is 0 Å². The molecule has 0 aliphatic rings. The third-order valence-corrected chi connectivity index (χ3v) is 3.08. The van der Waals surface area contributed by atoms with E-state index in [1.165, 1.54) is 32.1 Å². The van der Waals surface area contributed by atoms with Crippen molar-refractivity contribution in [2.24, 2.45) is 0 Å². The molecule has 1 aromatic rings. The second-order valence-corrected chi connectivity index (χ2v) is 4.88. The van der Waals surface area contributed by atoms with E-state index in [0.29, 0.717) is 6.42 Å². The van der Waals surface area contributed by atoms with Gasteiger partial charge in [0.2, 0.25) is 0 Å². The standard InChI is InChI=1S/C17H25O2/c1-2-3-4-5-6-7-11-14-19-17(18)15-16-12-9-8-10-13-16/h8-10,12-14H,2-7,11,15H2,1H3.